The summed E-state index contributed by atoms with van der Waals surface area (Å²) in [6, 6.07) is 10.6. The van der Waals surface area contributed by atoms with Crippen molar-refractivity contribution in [1.82, 2.24) is 24.4 Å². The Morgan fingerprint density at radius 1 is 1.19 bits per heavy atom. The second-order valence-corrected chi connectivity index (χ2v) is 10.5. The Morgan fingerprint density at radius 3 is 2.53 bits per heavy atom. The van der Waals surface area contributed by atoms with Crippen molar-refractivity contribution in [3.63, 3.8) is 0 Å². The molecule has 0 bridgehead atoms. The third kappa shape index (κ3) is 4.40. The first-order valence-electron chi connectivity index (χ1n) is 11.0. The Kier molecular flexibility index (Phi) is 6.30. The number of rotatable bonds is 6. The van der Waals surface area contributed by atoms with Crippen molar-refractivity contribution < 1.29 is 13.2 Å². The Hall–Kier alpha value is -2.78. The van der Waals surface area contributed by atoms with Crippen molar-refractivity contribution >= 4 is 27.0 Å². The third-order valence-electron chi connectivity index (χ3n) is 6.00. The number of hydrogen-bond donors (Lipinski definition) is 1. The Balaban J connectivity index is 1.36. The van der Waals surface area contributed by atoms with E-state index in [0.29, 0.717) is 48.6 Å². The molecular weight excluding hydrogens is 426 g/mol. The lowest BCUT2D eigenvalue weighted by molar-refractivity contribution is 0.0940. The molecule has 4 rings (SSSR count). The maximum Gasteiger partial charge on any atom is 0.253 e. The fourth-order valence-corrected chi connectivity index (χ4v) is 5.59. The van der Waals surface area contributed by atoms with Crippen LogP contribution in [0.1, 0.15) is 48.8 Å². The first-order chi connectivity index (χ1) is 15.3. The van der Waals surface area contributed by atoms with E-state index in [2.05, 4.69) is 15.4 Å². The van der Waals surface area contributed by atoms with E-state index in [-0.39, 0.29) is 17.9 Å². The molecule has 0 spiro atoms. The fourth-order valence-electron chi connectivity index (χ4n) is 4.10. The molecule has 0 atom stereocenters. The van der Waals surface area contributed by atoms with Gasteiger partial charge in [0.25, 0.3) is 5.91 Å². The van der Waals surface area contributed by atoms with Crippen molar-refractivity contribution in [2.45, 2.75) is 44.6 Å². The molecule has 1 N–H and O–H groups in total. The predicted molar refractivity (Wildman–Crippen MR) is 123 cm³/mol. The van der Waals surface area contributed by atoms with Crippen LogP contribution in [0.3, 0.4) is 0 Å². The normalized spacial score (nSPS) is 16.0. The minimum Gasteiger partial charge on any atom is -0.352 e. The molecule has 2 aromatic heterocycles. The summed E-state index contributed by atoms with van der Waals surface area (Å²) in [4.78, 5) is 17.7. The second kappa shape index (κ2) is 8.99. The predicted octanol–water partition coefficient (Wildman–Crippen LogP) is 3.15. The lowest BCUT2D eigenvalue weighted by atomic mass is 9.98. The molecule has 1 amide bonds. The van der Waals surface area contributed by atoms with Crippen LogP contribution in [-0.2, 0) is 10.0 Å². The summed E-state index contributed by atoms with van der Waals surface area (Å²) in [6.07, 6.45) is 3.16. The highest BCUT2D eigenvalue weighted by Gasteiger charge is 2.29. The van der Waals surface area contributed by atoms with Crippen LogP contribution in [-0.4, -0.2) is 53.0 Å². The van der Waals surface area contributed by atoms with Crippen molar-refractivity contribution in [2.24, 2.45) is 5.92 Å². The molecule has 32 heavy (non-hydrogen) atoms. The maximum absolute atomic E-state index is 12.8. The molecule has 3 heterocycles. The molecule has 1 aliphatic heterocycles. The number of amides is 1. The van der Waals surface area contributed by atoms with E-state index < -0.39 is 10.0 Å². The van der Waals surface area contributed by atoms with Crippen LogP contribution in [0.2, 0.25) is 0 Å². The summed E-state index contributed by atoms with van der Waals surface area (Å²) < 4.78 is 28.9. The topological polar surface area (TPSA) is 97.2 Å². The summed E-state index contributed by atoms with van der Waals surface area (Å²) in [5.74, 6) is 0.0791. The van der Waals surface area contributed by atoms with Gasteiger partial charge in [0.1, 0.15) is 0 Å². The zero-order valence-electron chi connectivity index (χ0n) is 18.7. The molecular formula is C23H29N5O3S. The van der Waals surface area contributed by atoms with Crippen LogP contribution in [0.5, 0.6) is 0 Å². The number of hydrogen-bond acceptors (Lipinski definition) is 5. The molecule has 9 heteroatoms. The number of pyridine rings is 1. The summed E-state index contributed by atoms with van der Waals surface area (Å²) in [5.41, 5.74) is 1.99. The van der Waals surface area contributed by atoms with Gasteiger partial charge in [-0.1, -0.05) is 18.2 Å². The number of nitrogens with one attached hydrogen (secondary N) is 1. The molecule has 1 saturated heterocycles. The van der Waals surface area contributed by atoms with E-state index in [1.807, 2.05) is 31.5 Å². The average Bonchev–Trinajstić information content (AvgIpc) is 3.20. The van der Waals surface area contributed by atoms with Crippen LogP contribution < -0.4 is 5.32 Å². The van der Waals surface area contributed by atoms with Crippen LogP contribution in [0.4, 0.5) is 0 Å². The quantitative estimate of drug-likeness (QED) is 0.616. The maximum atomic E-state index is 12.8. The first-order valence-corrected chi connectivity index (χ1v) is 12.4. The minimum atomic E-state index is -3.46. The van der Waals surface area contributed by atoms with Crippen molar-refractivity contribution in [3.05, 3.63) is 53.9 Å². The second-order valence-electron chi connectivity index (χ2n) is 8.59. The zero-order valence-corrected chi connectivity index (χ0v) is 19.5. The van der Waals surface area contributed by atoms with E-state index in [4.69, 9.17) is 0 Å². The first kappa shape index (κ1) is 22.4. The van der Waals surface area contributed by atoms with E-state index in [1.165, 1.54) is 4.31 Å². The molecule has 0 saturated carbocycles. The van der Waals surface area contributed by atoms with E-state index >= 15 is 0 Å². The number of nitrogens with zero attached hydrogens (tertiary/aromatic N) is 4. The number of sulfonamides is 1. The average molecular weight is 456 g/mol. The molecule has 0 aliphatic carbocycles. The fraction of sp³-hybridized carbons (Fsp3) is 0.435. The smallest absolute Gasteiger partial charge is 0.253 e. The standard InChI is InChI=1S/C23H29N5O3S/c1-16(2)28-22-19(15-25-28)13-21(17(3)26-22)23(29)24-14-18-9-11-27(12-10-18)32(30,31)20-7-5-4-6-8-20/h4-8,13,15-16,18H,9-12,14H2,1-3H3,(H,24,29). The molecule has 3 aromatic rings. The van der Waals surface area contributed by atoms with E-state index in [0.717, 1.165) is 11.0 Å². The van der Waals surface area contributed by atoms with E-state index in [9.17, 15) is 13.2 Å². The van der Waals surface area contributed by atoms with Gasteiger partial charge >= 0.3 is 0 Å². The lowest BCUT2D eigenvalue weighted by Crippen LogP contribution is -2.41. The van der Waals surface area contributed by atoms with Gasteiger partial charge < -0.3 is 5.32 Å². The molecule has 1 fully saturated rings. The summed E-state index contributed by atoms with van der Waals surface area (Å²) in [7, 11) is -3.46. The molecule has 0 radical (unpaired) electrons. The van der Waals surface area contributed by atoms with Crippen molar-refractivity contribution in [3.8, 4) is 0 Å². The highest BCUT2D eigenvalue weighted by molar-refractivity contribution is 7.89. The molecule has 8 nitrogen and oxygen atoms in total. The molecule has 170 valence electrons. The van der Waals surface area contributed by atoms with E-state index in [1.54, 1.807) is 36.5 Å². The number of carbonyl (C=O) groups excluding carboxylic acids is 1. The number of piperidine rings is 1. The van der Waals surface area contributed by atoms with Gasteiger partial charge in [0.15, 0.2) is 5.65 Å². The Bertz CT molecular complexity index is 1210. The Morgan fingerprint density at radius 2 is 1.88 bits per heavy atom. The largest absolute Gasteiger partial charge is 0.352 e. The van der Waals surface area contributed by atoms with Gasteiger partial charge in [-0.15, -0.1) is 0 Å². The zero-order chi connectivity index (χ0) is 22.9. The monoisotopic (exact) mass is 455 g/mol. The van der Waals surface area contributed by atoms with Crippen molar-refractivity contribution in [1.29, 1.82) is 0 Å². The van der Waals surface area contributed by atoms with Gasteiger partial charge in [0, 0.05) is 31.1 Å². The summed E-state index contributed by atoms with van der Waals surface area (Å²) in [5, 5.41) is 8.23. The van der Waals surface area contributed by atoms with Crippen LogP contribution >= 0.6 is 0 Å². The van der Waals surface area contributed by atoms with Crippen LogP contribution in [0.25, 0.3) is 11.0 Å². The minimum absolute atomic E-state index is 0.159. The number of aromatic nitrogens is 3. The van der Waals surface area contributed by atoms with Crippen molar-refractivity contribution in [2.75, 3.05) is 19.6 Å². The van der Waals surface area contributed by atoms with Gasteiger partial charge in [-0.25, -0.2) is 18.1 Å². The van der Waals surface area contributed by atoms with Gasteiger partial charge in [-0.3, -0.25) is 4.79 Å². The third-order valence-corrected chi connectivity index (χ3v) is 7.91. The number of carbonyl (C=O) groups is 1. The summed E-state index contributed by atoms with van der Waals surface area (Å²) >= 11 is 0. The Labute approximate surface area is 188 Å². The summed E-state index contributed by atoms with van der Waals surface area (Å²) in [6.45, 7) is 7.35. The van der Waals surface area contributed by atoms with Crippen LogP contribution in [0.15, 0.2) is 47.5 Å². The van der Waals surface area contributed by atoms with Gasteiger partial charge in [-0.2, -0.15) is 9.40 Å². The molecule has 1 aliphatic rings. The molecule has 1 aromatic carbocycles. The molecule has 0 unspecified atom stereocenters. The van der Waals surface area contributed by atoms with Crippen LogP contribution in [0, 0.1) is 12.8 Å². The number of fused-ring (bicyclic) bond motifs is 1. The van der Waals surface area contributed by atoms with Gasteiger partial charge in [-0.05, 0) is 57.7 Å². The van der Waals surface area contributed by atoms with Gasteiger partial charge in [0.05, 0.1) is 22.3 Å². The highest BCUT2D eigenvalue weighted by atomic mass is 32.2. The highest BCUT2D eigenvalue weighted by Crippen LogP contribution is 2.24. The van der Waals surface area contributed by atoms with Gasteiger partial charge in [0.2, 0.25) is 10.0 Å². The number of benzene rings is 1. The lowest BCUT2D eigenvalue weighted by Gasteiger charge is -2.31. The SMILES string of the molecule is Cc1nc2c(cnn2C(C)C)cc1C(=O)NCC1CCN(S(=O)(=O)c2ccccc2)CC1. The number of aryl methyl sites for hydroxylation is 1.